The monoisotopic (exact) mass is 474 g/mol. The highest BCUT2D eigenvalue weighted by Crippen LogP contribution is 2.54. The number of amides is 1. The number of aromatic nitrogens is 2. The standard InChI is InChI=1S/C21H20F6N4O2/c1-9(2)19(12-5-13(20(22,23)24)7-14(6-12)21(25,26)27)15(8-28)17(29-11(4)32)33-18-16(19)10(3)30-31-18/h5-7,9,15,17H,1-4H3,(H,29,32)(H,30,31). The number of H-pyrrole nitrogens is 1. The second-order valence-electron chi connectivity index (χ2n) is 8.19. The smallest absolute Gasteiger partial charge is 0.416 e. The van der Waals surface area contributed by atoms with E-state index >= 15 is 0 Å². The van der Waals surface area contributed by atoms with Gasteiger partial charge in [-0.25, -0.2) is 0 Å². The molecule has 0 radical (unpaired) electrons. The molecule has 12 heteroatoms. The normalized spacial score (nSPS) is 23.0. The van der Waals surface area contributed by atoms with E-state index in [-0.39, 0.29) is 23.1 Å². The molecule has 3 atom stereocenters. The van der Waals surface area contributed by atoms with Crippen molar-refractivity contribution in [3.8, 4) is 11.9 Å². The Kier molecular flexibility index (Phi) is 5.89. The lowest BCUT2D eigenvalue weighted by Gasteiger charge is -2.47. The van der Waals surface area contributed by atoms with Crippen LogP contribution in [0.15, 0.2) is 18.2 Å². The van der Waals surface area contributed by atoms with Gasteiger partial charge in [0.2, 0.25) is 11.8 Å². The lowest BCUT2D eigenvalue weighted by atomic mass is 9.58. The van der Waals surface area contributed by atoms with E-state index in [2.05, 4.69) is 15.5 Å². The second kappa shape index (κ2) is 7.97. The molecule has 33 heavy (non-hydrogen) atoms. The fourth-order valence-corrected chi connectivity index (χ4v) is 4.54. The van der Waals surface area contributed by atoms with Crippen LogP contribution in [0.5, 0.6) is 5.88 Å². The van der Waals surface area contributed by atoms with Gasteiger partial charge in [0.15, 0.2) is 6.23 Å². The van der Waals surface area contributed by atoms with Gasteiger partial charge < -0.3 is 10.1 Å². The van der Waals surface area contributed by atoms with Crippen molar-refractivity contribution in [3.05, 3.63) is 46.1 Å². The van der Waals surface area contributed by atoms with Crippen molar-refractivity contribution in [2.24, 2.45) is 11.8 Å². The molecule has 0 saturated carbocycles. The summed E-state index contributed by atoms with van der Waals surface area (Å²) in [5.74, 6) is -2.80. The predicted octanol–water partition coefficient (Wildman–Crippen LogP) is 4.69. The zero-order valence-electron chi connectivity index (χ0n) is 17.9. The Morgan fingerprint density at radius 2 is 1.73 bits per heavy atom. The van der Waals surface area contributed by atoms with Gasteiger partial charge in [0, 0.05) is 18.2 Å². The minimum absolute atomic E-state index is 0.0344. The van der Waals surface area contributed by atoms with Gasteiger partial charge in [0.25, 0.3) is 0 Å². The third kappa shape index (κ3) is 4.00. The number of aryl methyl sites for hydroxylation is 1. The van der Waals surface area contributed by atoms with Gasteiger partial charge in [-0.1, -0.05) is 13.8 Å². The molecule has 1 aliphatic rings. The first kappa shape index (κ1) is 24.4. The van der Waals surface area contributed by atoms with E-state index in [9.17, 15) is 36.4 Å². The summed E-state index contributed by atoms with van der Waals surface area (Å²) in [6, 6.07) is 3.23. The minimum atomic E-state index is -5.08. The van der Waals surface area contributed by atoms with E-state index in [1.165, 1.54) is 6.92 Å². The summed E-state index contributed by atoms with van der Waals surface area (Å²) < 4.78 is 87.5. The highest BCUT2D eigenvalue weighted by Gasteiger charge is 2.57. The Morgan fingerprint density at radius 1 is 1.18 bits per heavy atom. The van der Waals surface area contributed by atoms with Gasteiger partial charge in [-0.15, -0.1) is 5.10 Å². The van der Waals surface area contributed by atoms with Crippen LogP contribution < -0.4 is 10.1 Å². The maximum atomic E-state index is 13.6. The number of benzene rings is 1. The van der Waals surface area contributed by atoms with E-state index in [0.29, 0.717) is 17.8 Å². The van der Waals surface area contributed by atoms with E-state index in [0.717, 1.165) is 6.92 Å². The van der Waals surface area contributed by atoms with Crippen molar-refractivity contribution in [3.63, 3.8) is 0 Å². The molecule has 1 aromatic heterocycles. The predicted molar refractivity (Wildman–Crippen MR) is 103 cm³/mol. The summed E-state index contributed by atoms with van der Waals surface area (Å²) in [6.45, 7) is 5.82. The van der Waals surface area contributed by atoms with Crippen molar-refractivity contribution in [2.45, 2.75) is 51.7 Å². The van der Waals surface area contributed by atoms with Crippen molar-refractivity contribution in [1.82, 2.24) is 15.5 Å². The van der Waals surface area contributed by atoms with Crippen molar-refractivity contribution in [2.75, 3.05) is 0 Å². The topological polar surface area (TPSA) is 90.8 Å². The number of alkyl halides is 6. The highest BCUT2D eigenvalue weighted by atomic mass is 19.4. The zero-order chi connectivity index (χ0) is 24.9. The van der Waals surface area contributed by atoms with E-state index in [4.69, 9.17) is 4.74 Å². The first-order valence-electron chi connectivity index (χ1n) is 9.82. The summed E-state index contributed by atoms with van der Waals surface area (Å²) in [7, 11) is 0. The van der Waals surface area contributed by atoms with Crippen molar-refractivity contribution in [1.29, 1.82) is 5.26 Å². The molecule has 3 rings (SSSR count). The summed E-state index contributed by atoms with van der Waals surface area (Å²) in [5, 5.41) is 19.1. The molecule has 0 aliphatic carbocycles. The van der Waals surface area contributed by atoms with Crippen LogP contribution in [0, 0.1) is 30.1 Å². The van der Waals surface area contributed by atoms with Crippen LogP contribution in [0.3, 0.4) is 0 Å². The lowest BCUT2D eigenvalue weighted by Crippen LogP contribution is -2.57. The average molecular weight is 474 g/mol. The third-order valence-corrected chi connectivity index (χ3v) is 5.82. The van der Waals surface area contributed by atoms with Gasteiger partial charge in [-0.3, -0.25) is 9.89 Å². The molecule has 1 aliphatic heterocycles. The first-order valence-corrected chi connectivity index (χ1v) is 9.82. The zero-order valence-corrected chi connectivity index (χ0v) is 17.9. The maximum Gasteiger partial charge on any atom is 0.416 e. The third-order valence-electron chi connectivity index (χ3n) is 5.82. The highest BCUT2D eigenvalue weighted by molar-refractivity contribution is 5.73. The molecule has 0 saturated heterocycles. The minimum Gasteiger partial charge on any atom is -0.451 e. The molecule has 3 unspecified atom stereocenters. The number of hydrogen-bond donors (Lipinski definition) is 2. The Hall–Kier alpha value is -3.23. The molecule has 2 aromatic rings. The van der Waals surface area contributed by atoms with Crippen LogP contribution >= 0.6 is 0 Å². The number of ether oxygens (including phenoxy) is 1. The molecule has 0 fully saturated rings. The lowest BCUT2D eigenvalue weighted by molar-refractivity contribution is -0.143. The average Bonchev–Trinajstić information content (AvgIpc) is 3.05. The van der Waals surface area contributed by atoms with Crippen molar-refractivity contribution < 1.29 is 35.9 Å². The summed E-state index contributed by atoms with van der Waals surface area (Å²) in [4.78, 5) is 11.8. The number of nitrogens with zero attached hydrogens (tertiary/aromatic N) is 2. The number of hydrogen-bond acceptors (Lipinski definition) is 4. The van der Waals surface area contributed by atoms with E-state index < -0.39 is 52.9 Å². The molecular weight excluding hydrogens is 454 g/mol. The molecular formula is C21H20F6N4O2. The van der Waals surface area contributed by atoms with Crippen LogP contribution in [-0.4, -0.2) is 22.3 Å². The number of nitrogens with one attached hydrogen (secondary N) is 2. The Balaban J connectivity index is 2.47. The Morgan fingerprint density at radius 3 is 2.15 bits per heavy atom. The summed E-state index contributed by atoms with van der Waals surface area (Å²) in [5.41, 5.74) is -4.64. The number of carbonyl (C=O) groups is 1. The Labute approximate surface area is 184 Å². The number of rotatable bonds is 3. The van der Waals surface area contributed by atoms with Gasteiger partial charge >= 0.3 is 12.4 Å². The number of fused-ring (bicyclic) bond motifs is 1. The molecule has 6 nitrogen and oxygen atoms in total. The fraction of sp³-hybridized carbons (Fsp3) is 0.476. The number of nitriles is 1. The maximum absolute atomic E-state index is 13.6. The van der Waals surface area contributed by atoms with Gasteiger partial charge in [0.05, 0.1) is 22.6 Å². The van der Waals surface area contributed by atoms with Crippen molar-refractivity contribution >= 4 is 5.91 Å². The number of halogens is 6. The van der Waals surface area contributed by atoms with E-state index in [1.807, 2.05) is 6.07 Å². The van der Waals surface area contributed by atoms with Crippen LogP contribution in [0.25, 0.3) is 0 Å². The molecule has 2 N–H and O–H groups in total. The van der Waals surface area contributed by atoms with Crippen LogP contribution in [0.2, 0.25) is 0 Å². The van der Waals surface area contributed by atoms with Gasteiger partial charge in [-0.05, 0) is 36.6 Å². The molecule has 2 heterocycles. The largest absolute Gasteiger partial charge is 0.451 e. The number of aromatic amines is 1. The fourth-order valence-electron chi connectivity index (χ4n) is 4.54. The Bertz CT molecular complexity index is 1080. The molecule has 178 valence electrons. The van der Waals surface area contributed by atoms with Crippen LogP contribution in [-0.2, 0) is 22.6 Å². The SMILES string of the molecule is CC(=O)NC1Oc2n[nH]c(C)c2C(c2cc(C(F)(F)F)cc(C(F)(F)F)c2)(C(C)C)C1C#N. The number of carbonyl (C=O) groups excluding carboxylic acids is 1. The summed E-state index contributed by atoms with van der Waals surface area (Å²) in [6.07, 6.45) is -11.5. The molecule has 0 bridgehead atoms. The first-order chi connectivity index (χ1) is 15.1. The second-order valence-corrected chi connectivity index (χ2v) is 8.19. The molecule has 1 aromatic carbocycles. The quantitative estimate of drug-likeness (QED) is 0.632. The summed E-state index contributed by atoms with van der Waals surface area (Å²) >= 11 is 0. The van der Waals surface area contributed by atoms with E-state index in [1.54, 1.807) is 13.8 Å². The molecule has 0 spiro atoms. The van der Waals surface area contributed by atoms with Gasteiger partial charge in [-0.2, -0.15) is 31.6 Å². The van der Waals surface area contributed by atoms with Crippen LogP contribution in [0.1, 0.15) is 48.7 Å². The van der Waals surface area contributed by atoms with Crippen LogP contribution in [0.4, 0.5) is 26.3 Å². The van der Waals surface area contributed by atoms with Gasteiger partial charge in [0.1, 0.15) is 5.92 Å². The molecule has 1 amide bonds.